The van der Waals surface area contributed by atoms with Gasteiger partial charge < -0.3 is 15.3 Å². The van der Waals surface area contributed by atoms with Gasteiger partial charge in [-0.2, -0.15) is 0 Å². The lowest BCUT2D eigenvalue weighted by molar-refractivity contribution is 0.0264. The minimum atomic E-state index is -0.177. The van der Waals surface area contributed by atoms with Gasteiger partial charge in [-0.25, -0.2) is 0 Å². The molecule has 1 fully saturated rings. The molecule has 1 aliphatic rings. The lowest BCUT2D eigenvalue weighted by Crippen LogP contribution is -2.39. The number of carbonyl (C=O) groups excluding carboxylic acids is 1. The summed E-state index contributed by atoms with van der Waals surface area (Å²) in [4.78, 5) is 18.0. The topological polar surface area (TPSA) is 65.5 Å². The smallest absolute Gasteiger partial charge is 0.272 e. The molecule has 5 heteroatoms. The van der Waals surface area contributed by atoms with Gasteiger partial charge >= 0.3 is 0 Å². The number of rotatable bonds is 5. The standard InChI is InChI=1S/C14H21N3O2/c1-3-15-11-4-5-16-13(8-11)14(19)17(2)9-10-6-12(18)7-10/h4-5,8,10,12,18H,3,6-7,9H2,1-2H3,(H,15,16). The van der Waals surface area contributed by atoms with Crippen molar-refractivity contribution in [1.82, 2.24) is 9.88 Å². The van der Waals surface area contributed by atoms with Crippen LogP contribution >= 0.6 is 0 Å². The minimum absolute atomic E-state index is 0.0684. The largest absolute Gasteiger partial charge is 0.393 e. The Morgan fingerprint density at radius 2 is 2.32 bits per heavy atom. The molecule has 0 aromatic carbocycles. The molecule has 2 rings (SSSR count). The summed E-state index contributed by atoms with van der Waals surface area (Å²) in [6.45, 7) is 3.51. The molecule has 1 aliphatic carbocycles. The summed E-state index contributed by atoms with van der Waals surface area (Å²) in [5.74, 6) is 0.349. The summed E-state index contributed by atoms with van der Waals surface area (Å²) in [5.41, 5.74) is 1.37. The fraction of sp³-hybridized carbons (Fsp3) is 0.571. The van der Waals surface area contributed by atoms with Crippen molar-refractivity contribution in [3.05, 3.63) is 24.0 Å². The molecule has 0 saturated heterocycles. The van der Waals surface area contributed by atoms with E-state index in [0.29, 0.717) is 18.2 Å². The van der Waals surface area contributed by atoms with Crippen molar-refractivity contribution < 1.29 is 9.90 Å². The quantitative estimate of drug-likeness (QED) is 0.841. The average Bonchev–Trinajstić information content (AvgIpc) is 2.36. The van der Waals surface area contributed by atoms with Crippen molar-refractivity contribution in [1.29, 1.82) is 0 Å². The van der Waals surface area contributed by atoms with Gasteiger partial charge in [0.05, 0.1) is 6.10 Å². The zero-order valence-corrected chi connectivity index (χ0v) is 11.5. The van der Waals surface area contributed by atoms with Crippen LogP contribution in [0.4, 0.5) is 5.69 Å². The number of carbonyl (C=O) groups is 1. The van der Waals surface area contributed by atoms with Gasteiger partial charge in [-0.3, -0.25) is 9.78 Å². The SMILES string of the molecule is CCNc1ccnc(C(=O)N(C)CC2CC(O)C2)c1. The first-order valence-corrected chi connectivity index (χ1v) is 6.73. The van der Waals surface area contributed by atoms with Crippen LogP contribution in [0.2, 0.25) is 0 Å². The van der Waals surface area contributed by atoms with E-state index in [4.69, 9.17) is 0 Å². The maximum Gasteiger partial charge on any atom is 0.272 e. The summed E-state index contributed by atoms with van der Waals surface area (Å²) < 4.78 is 0. The Morgan fingerprint density at radius 3 is 2.95 bits per heavy atom. The predicted molar refractivity (Wildman–Crippen MR) is 74.1 cm³/mol. The molecule has 2 N–H and O–H groups in total. The van der Waals surface area contributed by atoms with E-state index >= 15 is 0 Å². The van der Waals surface area contributed by atoms with E-state index in [9.17, 15) is 9.90 Å². The molecule has 1 aromatic heterocycles. The molecule has 0 spiro atoms. The van der Waals surface area contributed by atoms with Gasteiger partial charge in [-0.15, -0.1) is 0 Å². The van der Waals surface area contributed by atoms with Crippen LogP contribution in [0.3, 0.4) is 0 Å². The Balaban J connectivity index is 1.96. The van der Waals surface area contributed by atoms with Crippen LogP contribution < -0.4 is 5.32 Å². The van der Waals surface area contributed by atoms with E-state index in [0.717, 1.165) is 25.1 Å². The third kappa shape index (κ3) is 3.44. The first-order chi connectivity index (χ1) is 9.10. The minimum Gasteiger partial charge on any atom is -0.393 e. The van der Waals surface area contributed by atoms with Crippen LogP contribution in [0.15, 0.2) is 18.3 Å². The molecule has 0 atom stereocenters. The number of nitrogens with zero attached hydrogens (tertiary/aromatic N) is 2. The molecule has 1 saturated carbocycles. The number of hydrogen-bond acceptors (Lipinski definition) is 4. The van der Waals surface area contributed by atoms with Crippen LogP contribution in [0.25, 0.3) is 0 Å². The lowest BCUT2D eigenvalue weighted by Gasteiger charge is -2.34. The number of aromatic nitrogens is 1. The van der Waals surface area contributed by atoms with Crippen LogP contribution in [0.5, 0.6) is 0 Å². The maximum atomic E-state index is 12.2. The Bertz CT molecular complexity index is 444. The molecule has 104 valence electrons. The van der Waals surface area contributed by atoms with Gasteiger partial charge in [0.15, 0.2) is 0 Å². The van der Waals surface area contributed by atoms with E-state index in [1.54, 1.807) is 24.2 Å². The average molecular weight is 263 g/mol. The first-order valence-electron chi connectivity index (χ1n) is 6.73. The number of hydrogen-bond donors (Lipinski definition) is 2. The fourth-order valence-electron chi connectivity index (χ4n) is 2.38. The summed E-state index contributed by atoms with van der Waals surface area (Å²) >= 11 is 0. The molecule has 0 aliphatic heterocycles. The monoisotopic (exact) mass is 263 g/mol. The highest BCUT2D eigenvalue weighted by Crippen LogP contribution is 2.27. The van der Waals surface area contributed by atoms with E-state index in [2.05, 4.69) is 10.3 Å². The van der Waals surface area contributed by atoms with Crippen LogP contribution in [0.1, 0.15) is 30.3 Å². The number of amides is 1. The molecular formula is C14H21N3O2. The second-order valence-electron chi connectivity index (χ2n) is 5.14. The third-order valence-electron chi connectivity index (χ3n) is 3.45. The molecule has 1 aromatic rings. The summed E-state index contributed by atoms with van der Waals surface area (Å²) in [5, 5.41) is 12.4. The normalized spacial score (nSPS) is 21.6. The van der Waals surface area contributed by atoms with Crippen LogP contribution in [-0.4, -0.2) is 47.1 Å². The van der Waals surface area contributed by atoms with Gasteiger partial charge in [-0.05, 0) is 37.8 Å². The summed E-state index contributed by atoms with van der Waals surface area (Å²) in [6.07, 6.45) is 3.06. The van der Waals surface area contributed by atoms with Gasteiger partial charge in [-0.1, -0.05) is 0 Å². The highest BCUT2D eigenvalue weighted by atomic mass is 16.3. The molecule has 1 heterocycles. The Morgan fingerprint density at radius 1 is 1.58 bits per heavy atom. The molecule has 5 nitrogen and oxygen atoms in total. The molecule has 19 heavy (non-hydrogen) atoms. The second-order valence-corrected chi connectivity index (χ2v) is 5.14. The number of aliphatic hydroxyl groups is 1. The third-order valence-corrected chi connectivity index (χ3v) is 3.45. The number of pyridine rings is 1. The zero-order chi connectivity index (χ0) is 13.8. The van der Waals surface area contributed by atoms with Crippen molar-refractivity contribution in [3.63, 3.8) is 0 Å². The molecule has 0 radical (unpaired) electrons. The van der Waals surface area contributed by atoms with E-state index in [1.807, 2.05) is 13.0 Å². The highest BCUT2D eigenvalue weighted by molar-refractivity contribution is 5.92. The van der Waals surface area contributed by atoms with Crippen molar-refractivity contribution >= 4 is 11.6 Å². The summed E-state index contributed by atoms with van der Waals surface area (Å²) in [6, 6.07) is 3.63. The molecule has 0 bridgehead atoms. The summed E-state index contributed by atoms with van der Waals surface area (Å²) in [7, 11) is 1.79. The van der Waals surface area contributed by atoms with Gasteiger partial charge in [0, 0.05) is 32.0 Å². The number of nitrogens with one attached hydrogen (secondary N) is 1. The second kappa shape index (κ2) is 6.02. The van der Waals surface area contributed by atoms with E-state index < -0.39 is 0 Å². The number of aliphatic hydroxyl groups excluding tert-OH is 1. The Hall–Kier alpha value is -1.62. The Kier molecular flexibility index (Phi) is 4.37. The lowest BCUT2D eigenvalue weighted by atomic mass is 9.82. The van der Waals surface area contributed by atoms with Crippen LogP contribution in [-0.2, 0) is 0 Å². The van der Waals surface area contributed by atoms with Gasteiger partial charge in [0.2, 0.25) is 0 Å². The van der Waals surface area contributed by atoms with E-state index in [-0.39, 0.29) is 12.0 Å². The van der Waals surface area contributed by atoms with Crippen molar-refractivity contribution in [3.8, 4) is 0 Å². The highest BCUT2D eigenvalue weighted by Gasteiger charge is 2.29. The van der Waals surface area contributed by atoms with Crippen molar-refractivity contribution in [2.45, 2.75) is 25.9 Å². The predicted octanol–water partition coefficient (Wildman–Crippen LogP) is 1.36. The molecular weight excluding hydrogens is 242 g/mol. The van der Waals surface area contributed by atoms with Gasteiger partial charge in [0.1, 0.15) is 5.69 Å². The van der Waals surface area contributed by atoms with Crippen molar-refractivity contribution in [2.75, 3.05) is 25.5 Å². The molecule has 1 amide bonds. The van der Waals surface area contributed by atoms with Crippen molar-refractivity contribution in [2.24, 2.45) is 5.92 Å². The van der Waals surface area contributed by atoms with Gasteiger partial charge in [0.25, 0.3) is 5.91 Å². The van der Waals surface area contributed by atoms with E-state index in [1.165, 1.54) is 0 Å². The molecule has 0 unspecified atom stereocenters. The Labute approximate surface area is 113 Å². The maximum absolute atomic E-state index is 12.2. The number of anilines is 1. The van der Waals surface area contributed by atoms with Crippen LogP contribution in [0, 0.1) is 5.92 Å². The fourth-order valence-corrected chi connectivity index (χ4v) is 2.38. The first kappa shape index (κ1) is 13.8. The zero-order valence-electron chi connectivity index (χ0n) is 11.5.